The van der Waals surface area contributed by atoms with Gasteiger partial charge in [0, 0.05) is 24.7 Å². The first kappa shape index (κ1) is 26.2. The van der Waals surface area contributed by atoms with Crippen LogP contribution in [0, 0.1) is 5.92 Å². The predicted molar refractivity (Wildman–Crippen MR) is 146 cm³/mol. The summed E-state index contributed by atoms with van der Waals surface area (Å²) >= 11 is 0. The summed E-state index contributed by atoms with van der Waals surface area (Å²) in [5.41, 5.74) is 9.84. The normalized spacial score (nSPS) is 22.4. The molecule has 1 aromatic carbocycles. The number of aromatic nitrogens is 1. The highest BCUT2D eigenvalue weighted by atomic mass is 16.2. The molecular formula is C29H38N6O3. The van der Waals surface area contributed by atoms with Crippen molar-refractivity contribution in [2.24, 2.45) is 5.92 Å². The lowest BCUT2D eigenvalue weighted by Gasteiger charge is -2.38. The Morgan fingerprint density at radius 2 is 1.89 bits per heavy atom. The predicted octanol–water partition coefficient (Wildman–Crippen LogP) is 3.21. The minimum atomic E-state index is -0.691. The Balaban J connectivity index is 1.34. The van der Waals surface area contributed by atoms with Crippen LogP contribution in [0.25, 0.3) is 0 Å². The maximum absolute atomic E-state index is 13.4. The molecule has 3 N–H and O–H groups in total. The van der Waals surface area contributed by atoms with E-state index in [-0.39, 0.29) is 23.9 Å². The number of aryl methyl sites for hydroxylation is 1. The summed E-state index contributed by atoms with van der Waals surface area (Å²) in [6.45, 7) is 7.19. The molecule has 9 heteroatoms. The average Bonchev–Trinajstić information content (AvgIpc) is 3.25. The van der Waals surface area contributed by atoms with Gasteiger partial charge < -0.3 is 25.8 Å². The van der Waals surface area contributed by atoms with Gasteiger partial charge in [-0.05, 0) is 87.0 Å². The molecule has 202 valence electrons. The molecule has 1 aromatic heterocycles. The molecular weight excluding hydrogens is 480 g/mol. The van der Waals surface area contributed by atoms with Gasteiger partial charge in [0.15, 0.2) is 0 Å². The zero-order chi connectivity index (χ0) is 27.0. The molecule has 0 saturated carbocycles. The molecule has 5 rings (SSSR count). The Labute approximate surface area is 224 Å². The number of nitrogens with zero attached hydrogens (tertiary/aromatic N) is 4. The number of piperidine rings is 2. The number of nitrogens with two attached hydrogens (primary N) is 1. The molecule has 3 aliphatic rings. The largest absolute Gasteiger partial charge is 0.383 e. The number of benzene rings is 1. The van der Waals surface area contributed by atoms with Crippen molar-refractivity contribution in [2.75, 3.05) is 37.7 Å². The van der Waals surface area contributed by atoms with Crippen LogP contribution in [-0.2, 0) is 22.6 Å². The van der Waals surface area contributed by atoms with Gasteiger partial charge in [0.2, 0.25) is 0 Å². The molecule has 3 aliphatic heterocycles. The van der Waals surface area contributed by atoms with Crippen LogP contribution >= 0.6 is 0 Å². The first-order valence-electron chi connectivity index (χ1n) is 13.7. The number of amides is 3. The summed E-state index contributed by atoms with van der Waals surface area (Å²) in [6, 6.07) is 7.79. The van der Waals surface area contributed by atoms with Crippen LogP contribution in [0.5, 0.6) is 0 Å². The van der Waals surface area contributed by atoms with E-state index in [4.69, 9.17) is 5.73 Å². The highest BCUT2D eigenvalue weighted by molar-refractivity contribution is 6.39. The summed E-state index contributed by atoms with van der Waals surface area (Å²) in [6.07, 6.45) is 5.82. The van der Waals surface area contributed by atoms with Gasteiger partial charge in [0.25, 0.3) is 5.91 Å². The molecule has 1 unspecified atom stereocenters. The van der Waals surface area contributed by atoms with E-state index in [2.05, 4.69) is 29.2 Å². The first-order chi connectivity index (χ1) is 18.2. The van der Waals surface area contributed by atoms with E-state index in [1.165, 1.54) is 6.20 Å². The van der Waals surface area contributed by atoms with Crippen LogP contribution in [0.3, 0.4) is 0 Å². The number of pyridine rings is 1. The summed E-state index contributed by atoms with van der Waals surface area (Å²) in [4.78, 5) is 50.0. The van der Waals surface area contributed by atoms with Crippen LogP contribution in [0.15, 0.2) is 30.5 Å². The van der Waals surface area contributed by atoms with Gasteiger partial charge in [0.05, 0.1) is 17.9 Å². The van der Waals surface area contributed by atoms with Crippen molar-refractivity contribution in [3.05, 3.63) is 52.7 Å². The highest BCUT2D eigenvalue weighted by Gasteiger charge is 2.37. The fourth-order valence-corrected chi connectivity index (χ4v) is 6.06. The zero-order valence-electron chi connectivity index (χ0n) is 22.6. The monoisotopic (exact) mass is 518 g/mol. The Hall–Kier alpha value is -3.46. The number of likely N-dealkylation sites (tertiary alicyclic amines) is 2. The minimum absolute atomic E-state index is 0.0822. The number of nitrogens with one attached hydrogen (secondary N) is 1. The van der Waals surface area contributed by atoms with Crippen molar-refractivity contribution in [3.8, 4) is 0 Å². The second kappa shape index (κ2) is 10.7. The summed E-state index contributed by atoms with van der Waals surface area (Å²) < 4.78 is 0. The van der Waals surface area contributed by atoms with Crippen LogP contribution < -0.4 is 11.1 Å². The maximum Gasteiger partial charge on any atom is 0.313 e. The fourth-order valence-electron chi connectivity index (χ4n) is 6.06. The quantitative estimate of drug-likeness (QED) is 0.601. The van der Waals surface area contributed by atoms with Crippen molar-refractivity contribution in [1.82, 2.24) is 19.7 Å². The van der Waals surface area contributed by atoms with Gasteiger partial charge in [0.1, 0.15) is 5.82 Å². The Kier molecular flexibility index (Phi) is 7.38. The molecule has 0 radical (unpaired) electrons. The number of hydrogen-bond acceptors (Lipinski definition) is 6. The molecule has 4 heterocycles. The third-order valence-corrected chi connectivity index (χ3v) is 8.39. The molecule has 9 nitrogen and oxygen atoms in total. The smallest absolute Gasteiger partial charge is 0.313 e. The zero-order valence-corrected chi connectivity index (χ0v) is 22.6. The summed E-state index contributed by atoms with van der Waals surface area (Å²) in [5, 5.41) is 2.71. The van der Waals surface area contributed by atoms with Crippen molar-refractivity contribution < 1.29 is 14.4 Å². The number of nitrogen functional groups attached to an aromatic ring is 1. The molecule has 2 aromatic rings. The molecule has 0 bridgehead atoms. The van der Waals surface area contributed by atoms with Gasteiger partial charge in [-0.2, -0.15) is 0 Å². The lowest BCUT2D eigenvalue weighted by Crippen LogP contribution is -2.46. The molecule has 0 aliphatic carbocycles. The third kappa shape index (κ3) is 5.12. The highest BCUT2D eigenvalue weighted by Crippen LogP contribution is 2.37. The second-order valence-corrected chi connectivity index (χ2v) is 11.1. The SMILES string of the molecule is CCc1cc(NC(=O)C(=O)N2CC(C)CC[C@@H]2c2ccc3c(c2)C(=O)N(C2CCN(C)CC2)C3)cnc1N. The van der Waals surface area contributed by atoms with E-state index in [1.54, 1.807) is 11.0 Å². The Morgan fingerprint density at radius 3 is 2.63 bits per heavy atom. The number of fused-ring (bicyclic) bond motifs is 1. The molecule has 0 spiro atoms. The van der Waals surface area contributed by atoms with Gasteiger partial charge in [-0.3, -0.25) is 14.4 Å². The van der Waals surface area contributed by atoms with E-state index in [1.807, 2.05) is 30.0 Å². The number of rotatable bonds is 4. The van der Waals surface area contributed by atoms with Crippen LogP contribution in [0.4, 0.5) is 11.5 Å². The van der Waals surface area contributed by atoms with Crippen molar-refractivity contribution in [1.29, 1.82) is 0 Å². The number of anilines is 2. The van der Waals surface area contributed by atoms with Gasteiger partial charge in [-0.15, -0.1) is 0 Å². The van der Waals surface area contributed by atoms with E-state index < -0.39 is 11.8 Å². The molecule has 38 heavy (non-hydrogen) atoms. The van der Waals surface area contributed by atoms with E-state index in [0.29, 0.717) is 31.0 Å². The van der Waals surface area contributed by atoms with Crippen LogP contribution in [-0.4, -0.2) is 70.1 Å². The summed E-state index contributed by atoms with van der Waals surface area (Å²) in [7, 11) is 2.12. The maximum atomic E-state index is 13.4. The van der Waals surface area contributed by atoms with E-state index in [0.717, 1.165) is 61.0 Å². The Morgan fingerprint density at radius 1 is 1.13 bits per heavy atom. The summed E-state index contributed by atoms with van der Waals surface area (Å²) in [5.74, 6) is -0.482. The number of hydrogen-bond donors (Lipinski definition) is 2. The second-order valence-electron chi connectivity index (χ2n) is 11.1. The third-order valence-electron chi connectivity index (χ3n) is 8.39. The molecule has 2 saturated heterocycles. The lowest BCUT2D eigenvalue weighted by atomic mass is 9.88. The van der Waals surface area contributed by atoms with Gasteiger partial charge >= 0.3 is 11.8 Å². The van der Waals surface area contributed by atoms with Crippen molar-refractivity contribution >= 4 is 29.2 Å². The van der Waals surface area contributed by atoms with E-state index in [9.17, 15) is 14.4 Å². The standard InChI is InChI=1S/C29H38N6O3/c1-4-19-13-22(15-31-26(19)30)32-27(36)29(38)35-16-18(2)5-8-25(35)20-6-7-21-17-34(28(37)24(21)14-20)23-9-11-33(3)12-10-23/h6-7,13-15,18,23,25H,4-5,8-12,16-17H2,1-3H3,(H2,30,31)(H,32,36)/t18?,25-/m1/s1. The van der Waals surface area contributed by atoms with Gasteiger partial charge in [-0.25, -0.2) is 4.98 Å². The number of carbonyl (C=O) groups excluding carboxylic acids is 3. The fraction of sp³-hybridized carbons (Fsp3) is 0.517. The Bertz CT molecular complexity index is 1240. The first-order valence-corrected chi connectivity index (χ1v) is 13.7. The van der Waals surface area contributed by atoms with Crippen LogP contribution in [0.2, 0.25) is 0 Å². The van der Waals surface area contributed by atoms with Crippen molar-refractivity contribution in [3.63, 3.8) is 0 Å². The van der Waals surface area contributed by atoms with Crippen LogP contribution in [0.1, 0.15) is 72.6 Å². The van der Waals surface area contributed by atoms with Gasteiger partial charge in [-0.1, -0.05) is 26.0 Å². The van der Waals surface area contributed by atoms with Crippen molar-refractivity contribution in [2.45, 2.75) is 64.6 Å². The topological polar surface area (TPSA) is 112 Å². The molecule has 2 fully saturated rings. The molecule has 3 amide bonds. The average molecular weight is 519 g/mol. The molecule has 2 atom stereocenters. The lowest BCUT2D eigenvalue weighted by molar-refractivity contribution is -0.146. The minimum Gasteiger partial charge on any atom is -0.383 e. The van der Waals surface area contributed by atoms with E-state index >= 15 is 0 Å². The number of carbonyl (C=O) groups is 3.